The van der Waals surface area contributed by atoms with E-state index in [4.69, 9.17) is 16.2 Å². The maximum absolute atomic E-state index is 10.9. The highest BCUT2D eigenvalue weighted by Gasteiger charge is 2.12. The molecule has 138 valence electrons. The van der Waals surface area contributed by atoms with E-state index < -0.39 is 12.0 Å². The summed E-state index contributed by atoms with van der Waals surface area (Å²) in [6.07, 6.45) is 0.271. The van der Waals surface area contributed by atoms with Crippen molar-refractivity contribution in [2.75, 3.05) is 19.0 Å². The predicted molar refractivity (Wildman–Crippen MR) is 110 cm³/mol. The molecule has 0 saturated heterocycles. The van der Waals surface area contributed by atoms with Crippen LogP contribution >= 0.6 is 0 Å². The van der Waals surface area contributed by atoms with Crippen molar-refractivity contribution in [3.05, 3.63) is 77.4 Å². The summed E-state index contributed by atoms with van der Waals surface area (Å²) < 4.78 is 0. The van der Waals surface area contributed by atoms with E-state index >= 15 is 0 Å². The van der Waals surface area contributed by atoms with Crippen LogP contribution in [0.1, 0.15) is 16.7 Å². The average molecular weight is 361 g/mol. The first-order valence-electron chi connectivity index (χ1n) is 8.73. The highest BCUT2D eigenvalue weighted by atomic mass is 16.4. The van der Waals surface area contributed by atoms with Crippen molar-refractivity contribution in [1.82, 2.24) is 0 Å². The molecule has 27 heavy (non-hydrogen) atoms. The largest absolute Gasteiger partial charge is 0.480 e. The zero-order chi connectivity index (χ0) is 19.6. The molecule has 5 nitrogen and oxygen atoms in total. The van der Waals surface area contributed by atoms with Gasteiger partial charge < -0.3 is 15.7 Å². The van der Waals surface area contributed by atoms with Crippen LogP contribution in [0.15, 0.2) is 60.7 Å². The summed E-state index contributed by atoms with van der Waals surface area (Å²) in [5, 5.41) is 19.6. The second-order valence-electron chi connectivity index (χ2n) is 6.86. The minimum absolute atomic E-state index is 0.271. The third-order valence-electron chi connectivity index (χ3n) is 4.64. The summed E-state index contributed by atoms with van der Waals surface area (Å²) in [6, 6.07) is 18.7. The molecule has 3 rings (SSSR count). The first-order valence-corrected chi connectivity index (χ1v) is 8.73. The van der Waals surface area contributed by atoms with Gasteiger partial charge in [0.15, 0.2) is 0 Å². The monoisotopic (exact) mass is 361 g/mol. The lowest BCUT2D eigenvalue weighted by atomic mass is 9.97. The Kier molecular flexibility index (Phi) is 5.23. The Balaban J connectivity index is 1.82. The third-order valence-corrected chi connectivity index (χ3v) is 4.64. The van der Waals surface area contributed by atoms with Crippen LogP contribution in [0, 0.1) is 5.41 Å². The fourth-order valence-corrected chi connectivity index (χ4v) is 2.98. The lowest BCUT2D eigenvalue weighted by Gasteiger charge is -2.13. The number of carbonyl (C=O) groups is 1. The molecule has 3 aromatic carbocycles. The van der Waals surface area contributed by atoms with Gasteiger partial charge in [-0.1, -0.05) is 42.5 Å². The molecule has 0 aliphatic rings. The molecule has 0 aliphatic heterocycles. The molecule has 0 heterocycles. The summed E-state index contributed by atoms with van der Waals surface area (Å²) >= 11 is 0. The van der Waals surface area contributed by atoms with Crippen molar-refractivity contribution >= 4 is 28.1 Å². The van der Waals surface area contributed by atoms with Crippen molar-refractivity contribution in [2.45, 2.75) is 12.5 Å². The van der Waals surface area contributed by atoms with Crippen LogP contribution in [-0.4, -0.2) is 36.9 Å². The molecule has 0 amide bonds. The Labute approximate surface area is 158 Å². The molecule has 0 aromatic heterocycles. The van der Waals surface area contributed by atoms with Gasteiger partial charge in [-0.15, -0.1) is 0 Å². The first kappa shape index (κ1) is 18.6. The van der Waals surface area contributed by atoms with Gasteiger partial charge in [0.2, 0.25) is 0 Å². The highest BCUT2D eigenvalue weighted by molar-refractivity contribution is 6.12. The molecular weight excluding hydrogens is 338 g/mol. The van der Waals surface area contributed by atoms with E-state index in [0.29, 0.717) is 5.71 Å². The molecule has 0 fully saturated rings. The molecule has 0 spiro atoms. The maximum Gasteiger partial charge on any atom is 0.320 e. The topological polar surface area (TPSA) is 90.4 Å². The molecule has 3 aromatic rings. The molecular formula is C22H23N3O2. The van der Waals surface area contributed by atoms with Crippen LogP contribution in [0.25, 0.3) is 10.8 Å². The summed E-state index contributed by atoms with van der Waals surface area (Å²) in [7, 11) is 4.02. The van der Waals surface area contributed by atoms with Crippen LogP contribution in [-0.2, 0) is 11.2 Å². The zero-order valence-corrected chi connectivity index (χ0v) is 15.4. The number of benzene rings is 3. The summed E-state index contributed by atoms with van der Waals surface area (Å²) in [6.45, 7) is 0. The number of carboxylic acids is 1. The summed E-state index contributed by atoms with van der Waals surface area (Å²) in [5.41, 5.74) is 9.62. The highest BCUT2D eigenvalue weighted by Crippen LogP contribution is 2.23. The number of hydrogen-bond donors (Lipinski definition) is 3. The van der Waals surface area contributed by atoms with Crippen molar-refractivity contribution in [3.63, 3.8) is 0 Å². The van der Waals surface area contributed by atoms with E-state index in [1.54, 1.807) is 0 Å². The van der Waals surface area contributed by atoms with Gasteiger partial charge in [-0.05, 0) is 41.0 Å². The van der Waals surface area contributed by atoms with Crippen LogP contribution in [0.2, 0.25) is 0 Å². The number of nitrogens with two attached hydrogens (primary N) is 1. The van der Waals surface area contributed by atoms with E-state index in [9.17, 15) is 4.79 Å². The molecule has 0 radical (unpaired) electrons. The third kappa shape index (κ3) is 4.15. The second kappa shape index (κ2) is 7.60. The van der Waals surface area contributed by atoms with Crippen molar-refractivity contribution in [3.8, 4) is 0 Å². The summed E-state index contributed by atoms with van der Waals surface area (Å²) in [4.78, 5) is 12.9. The van der Waals surface area contributed by atoms with Crippen LogP contribution < -0.4 is 10.6 Å². The molecule has 0 unspecified atom stereocenters. The Hall–Kier alpha value is -3.18. The van der Waals surface area contributed by atoms with Crippen molar-refractivity contribution < 1.29 is 9.90 Å². The fraction of sp³-hybridized carbons (Fsp3) is 0.182. The zero-order valence-electron chi connectivity index (χ0n) is 15.4. The minimum Gasteiger partial charge on any atom is -0.480 e. The van der Waals surface area contributed by atoms with E-state index in [1.165, 1.54) is 0 Å². The molecule has 0 bridgehead atoms. The van der Waals surface area contributed by atoms with Gasteiger partial charge in [-0.2, -0.15) is 0 Å². The van der Waals surface area contributed by atoms with Gasteiger partial charge in [0, 0.05) is 30.9 Å². The summed E-state index contributed by atoms with van der Waals surface area (Å²) in [5.74, 6) is -1.01. The Morgan fingerprint density at radius 1 is 1.00 bits per heavy atom. The molecule has 1 atom stereocenters. The lowest BCUT2D eigenvalue weighted by Crippen LogP contribution is -2.32. The number of anilines is 1. The van der Waals surface area contributed by atoms with Gasteiger partial charge in [-0.25, -0.2) is 0 Å². The van der Waals surface area contributed by atoms with Crippen LogP contribution in [0.5, 0.6) is 0 Å². The number of carboxylic acid groups (broad SMARTS) is 1. The SMILES string of the molecule is CN(C)c1ccc2cc(C(=N)c3ccc(C[C@H](N)C(=O)O)cc3)ccc2c1. The Morgan fingerprint density at radius 3 is 2.22 bits per heavy atom. The number of nitrogens with one attached hydrogen (secondary N) is 1. The number of hydrogen-bond acceptors (Lipinski definition) is 4. The lowest BCUT2D eigenvalue weighted by molar-refractivity contribution is -0.138. The van der Waals surface area contributed by atoms with E-state index in [2.05, 4.69) is 23.1 Å². The smallest absolute Gasteiger partial charge is 0.320 e. The normalized spacial score (nSPS) is 12.0. The van der Waals surface area contributed by atoms with E-state index in [-0.39, 0.29) is 6.42 Å². The van der Waals surface area contributed by atoms with Gasteiger partial charge in [0.1, 0.15) is 6.04 Å². The van der Waals surface area contributed by atoms with Crippen LogP contribution in [0.4, 0.5) is 5.69 Å². The Bertz CT molecular complexity index is 994. The standard InChI is InChI=1S/C22H23N3O2/c1-25(2)19-10-9-16-12-18(8-7-17(16)13-19)21(24)15-5-3-14(4-6-15)11-20(23)22(26)27/h3-10,12-13,20,24H,11,23H2,1-2H3,(H,26,27)/t20-/m0/s1. The number of nitrogens with zero attached hydrogens (tertiary/aromatic N) is 1. The van der Waals surface area contributed by atoms with Crippen LogP contribution in [0.3, 0.4) is 0 Å². The quantitative estimate of drug-likeness (QED) is 0.588. The molecule has 0 saturated carbocycles. The molecule has 0 aliphatic carbocycles. The fourth-order valence-electron chi connectivity index (χ4n) is 2.98. The van der Waals surface area contributed by atoms with E-state index in [1.807, 2.05) is 56.6 Å². The number of fused-ring (bicyclic) bond motifs is 1. The van der Waals surface area contributed by atoms with Gasteiger partial charge in [0.25, 0.3) is 0 Å². The maximum atomic E-state index is 10.9. The van der Waals surface area contributed by atoms with Gasteiger partial charge >= 0.3 is 5.97 Å². The van der Waals surface area contributed by atoms with E-state index in [0.717, 1.165) is 33.2 Å². The van der Waals surface area contributed by atoms with Gasteiger partial charge in [0.05, 0.1) is 5.71 Å². The second-order valence-corrected chi connectivity index (χ2v) is 6.86. The predicted octanol–water partition coefficient (Wildman–Crippen LogP) is 3.28. The Morgan fingerprint density at radius 2 is 1.59 bits per heavy atom. The van der Waals surface area contributed by atoms with Crippen molar-refractivity contribution in [1.29, 1.82) is 5.41 Å². The number of rotatable bonds is 6. The number of aliphatic carboxylic acids is 1. The van der Waals surface area contributed by atoms with Gasteiger partial charge in [-0.3, -0.25) is 10.2 Å². The molecule has 4 N–H and O–H groups in total. The first-order chi connectivity index (χ1) is 12.8. The van der Waals surface area contributed by atoms with Crippen molar-refractivity contribution in [2.24, 2.45) is 5.73 Å². The average Bonchev–Trinajstić information content (AvgIpc) is 2.67. The molecule has 5 heteroatoms. The minimum atomic E-state index is -1.01.